The third-order valence-corrected chi connectivity index (χ3v) is 6.31. The molecule has 4 heterocycles. The standard InChI is InChI=1S/C23H27ClFN7O3S/c1-12-29-20(34-15-8-16(24)19(26)28-9-15)18(36-12)17-5-6-27-21(31-17)30-14-7-13(25)10-32(11-14)22(33)35-23(2,3)4/h5-6,8-9,13-14H,7,10-11H2,1-4H3,(H2,26,28)(H,27,30,31)/t13-,14-/m0/s1. The predicted octanol–water partition coefficient (Wildman–Crippen LogP) is 5.09. The SMILES string of the molecule is Cc1nc(Oc2cnc(N)c(Cl)c2)c(-c2ccnc(N[C@H]3C[C@H](F)CN(C(=O)OC(C)(C)C)C3)n2)s1. The summed E-state index contributed by atoms with van der Waals surface area (Å²) in [7, 11) is 0. The van der Waals surface area contributed by atoms with E-state index in [4.69, 9.17) is 26.8 Å². The van der Waals surface area contributed by atoms with Gasteiger partial charge in [-0.15, -0.1) is 11.3 Å². The zero-order chi connectivity index (χ0) is 26.0. The molecule has 192 valence electrons. The van der Waals surface area contributed by atoms with Gasteiger partial charge in [-0.1, -0.05) is 11.6 Å². The average Bonchev–Trinajstić information content (AvgIpc) is 3.15. The summed E-state index contributed by atoms with van der Waals surface area (Å²) < 4.78 is 25.8. The van der Waals surface area contributed by atoms with Crippen LogP contribution in [-0.2, 0) is 4.74 Å². The number of nitrogens with zero attached hydrogens (tertiary/aromatic N) is 5. The lowest BCUT2D eigenvalue weighted by atomic mass is 10.0. The van der Waals surface area contributed by atoms with Gasteiger partial charge in [-0.3, -0.25) is 0 Å². The minimum atomic E-state index is -1.20. The van der Waals surface area contributed by atoms with Crippen molar-refractivity contribution in [2.45, 2.75) is 51.9 Å². The fraction of sp³-hybridized carbons (Fsp3) is 0.435. The number of aryl methyl sites for hydroxylation is 1. The molecule has 10 nitrogen and oxygen atoms in total. The Bertz CT molecular complexity index is 1250. The van der Waals surface area contributed by atoms with Crippen LogP contribution in [0.3, 0.4) is 0 Å². The minimum Gasteiger partial charge on any atom is -0.444 e. The van der Waals surface area contributed by atoms with Crippen molar-refractivity contribution in [1.82, 2.24) is 24.8 Å². The van der Waals surface area contributed by atoms with Crippen LogP contribution in [0.4, 0.5) is 21.0 Å². The van der Waals surface area contributed by atoms with Crippen molar-refractivity contribution in [3.05, 3.63) is 34.6 Å². The van der Waals surface area contributed by atoms with E-state index in [1.165, 1.54) is 22.4 Å². The number of anilines is 2. The molecule has 3 N–H and O–H groups in total. The molecule has 0 unspecified atom stereocenters. The van der Waals surface area contributed by atoms with Crippen LogP contribution >= 0.6 is 22.9 Å². The van der Waals surface area contributed by atoms with E-state index in [2.05, 4.69) is 25.3 Å². The van der Waals surface area contributed by atoms with Gasteiger partial charge in [0.05, 0.1) is 28.5 Å². The van der Waals surface area contributed by atoms with Crippen molar-refractivity contribution in [2.75, 3.05) is 24.1 Å². The summed E-state index contributed by atoms with van der Waals surface area (Å²) in [5.41, 5.74) is 5.58. The zero-order valence-electron chi connectivity index (χ0n) is 20.3. The number of pyridine rings is 1. The molecule has 0 aromatic carbocycles. The number of halogens is 2. The van der Waals surface area contributed by atoms with Crippen LogP contribution in [0.2, 0.25) is 5.02 Å². The highest BCUT2D eigenvalue weighted by molar-refractivity contribution is 7.15. The lowest BCUT2D eigenvalue weighted by Crippen LogP contribution is -2.51. The Labute approximate surface area is 217 Å². The number of alkyl halides is 1. The molecule has 2 atom stereocenters. The molecule has 3 aromatic heterocycles. The number of nitrogens with two attached hydrogens (primary N) is 1. The maximum atomic E-state index is 14.5. The Balaban J connectivity index is 1.51. The van der Waals surface area contributed by atoms with E-state index in [0.29, 0.717) is 28.1 Å². The number of ether oxygens (including phenoxy) is 2. The van der Waals surface area contributed by atoms with Gasteiger partial charge in [-0.25, -0.2) is 29.1 Å². The maximum Gasteiger partial charge on any atom is 0.410 e. The monoisotopic (exact) mass is 535 g/mol. The second kappa shape index (κ2) is 10.4. The van der Waals surface area contributed by atoms with Crippen molar-refractivity contribution in [3.8, 4) is 22.2 Å². The highest BCUT2D eigenvalue weighted by Crippen LogP contribution is 2.37. The molecule has 0 saturated carbocycles. The zero-order valence-corrected chi connectivity index (χ0v) is 21.9. The molecule has 13 heteroatoms. The molecular formula is C23H27ClFN7O3S. The van der Waals surface area contributed by atoms with E-state index in [1.54, 1.807) is 39.1 Å². The fourth-order valence-corrected chi connectivity index (χ4v) is 4.57. The van der Waals surface area contributed by atoms with Gasteiger partial charge in [-0.2, -0.15) is 0 Å². The predicted molar refractivity (Wildman–Crippen MR) is 136 cm³/mol. The van der Waals surface area contributed by atoms with Crippen molar-refractivity contribution in [3.63, 3.8) is 0 Å². The summed E-state index contributed by atoms with van der Waals surface area (Å²) >= 11 is 7.45. The molecule has 3 aromatic rings. The molecule has 1 fully saturated rings. The van der Waals surface area contributed by atoms with Gasteiger partial charge in [-0.05, 0) is 33.8 Å². The fourth-order valence-electron chi connectivity index (χ4n) is 3.59. The molecule has 0 aliphatic carbocycles. The molecule has 0 spiro atoms. The van der Waals surface area contributed by atoms with Gasteiger partial charge in [0.15, 0.2) is 0 Å². The summed E-state index contributed by atoms with van der Waals surface area (Å²) in [5, 5.41) is 4.19. The normalized spacial score (nSPS) is 18.1. The number of carbonyl (C=O) groups is 1. The lowest BCUT2D eigenvalue weighted by molar-refractivity contribution is 0.0124. The van der Waals surface area contributed by atoms with Crippen molar-refractivity contribution >= 4 is 40.8 Å². The number of carbonyl (C=O) groups excluding carboxylic acids is 1. The first-order valence-corrected chi connectivity index (χ1v) is 12.4. The highest BCUT2D eigenvalue weighted by atomic mass is 35.5. The van der Waals surface area contributed by atoms with Gasteiger partial charge in [0.2, 0.25) is 11.8 Å². The average molecular weight is 536 g/mol. The summed E-state index contributed by atoms with van der Waals surface area (Å²) in [4.78, 5) is 31.8. The third kappa shape index (κ3) is 6.49. The van der Waals surface area contributed by atoms with Crippen LogP contribution in [-0.4, -0.2) is 61.8 Å². The largest absolute Gasteiger partial charge is 0.444 e. The minimum absolute atomic E-state index is 0.0150. The number of hydrogen-bond donors (Lipinski definition) is 2. The maximum absolute atomic E-state index is 14.5. The van der Waals surface area contributed by atoms with Crippen molar-refractivity contribution in [2.24, 2.45) is 0 Å². The van der Waals surface area contributed by atoms with Gasteiger partial charge in [0, 0.05) is 31.3 Å². The van der Waals surface area contributed by atoms with E-state index in [-0.39, 0.29) is 30.4 Å². The van der Waals surface area contributed by atoms with Crippen LogP contribution < -0.4 is 15.8 Å². The summed E-state index contributed by atoms with van der Waals surface area (Å²) in [6.07, 6.45) is 1.51. The number of nitrogen functional groups attached to an aromatic ring is 1. The van der Waals surface area contributed by atoms with Gasteiger partial charge >= 0.3 is 6.09 Å². The van der Waals surface area contributed by atoms with Gasteiger partial charge in [0.25, 0.3) is 0 Å². The smallest absolute Gasteiger partial charge is 0.410 e. The molecule has 36 heavy (non-hydrogen) atoms. The van der Waals surface area contributed by atoms with Crippen LogP contribution in [0.25, 0.3) is 10.6 Å². The molecular weight excluding hydrogens is 509 g/mol. The number of thiazole rings is 1. The van der Waals surface area contributed by atoms with Gasteiger partial charge in [0.1, 0.15) is 28.2 Å². The molecule has 1 aliphatic heterocycles. The molecule has 1 saturated heterocycles. The van der Waals surface area contributed by atoms with Crippen LogP contribution in [0, 0.1) is 6.92 Å². The molecule has 0 radical (unpaired) electrons. The Hall–Kier alpha value is -3.25. The Morgan fingerprint density at radius 2 is 2.08 bits per heavy atom. The topological polar surface area (TPSA) is 128 Å². The van der Waals surface area contributed by atoms with E-state index < -0.39 is 23.9 Å². The summed E-state index contributed by atoms with van der Waals surface area (Å²) in [5.74, 6) is 1.22. The Morgan fingerprint density at radius 3 is 2.81 bits per heavy atom. The van der Waals surface area contributed by atoms with E-state index >= 15 is 0 Å². The molecule has 1 aliphatic rings. The first-order chi connectivity index (χ1) is 17.0. The number of piperidine rings is 1. The quantitative estimate of drug-likeness (QED) is 0.459. The lowest BCUT2D eigenvalue weighted by Gasteiger charge is -2.36. The van der Waals surface area contributed by atoms with Crippen LogP contribution in [0.1, 0.15) is 32.2 Å². The second-order valence-corrected chi connectivity index (χ2v) is 10.9. The van der Waals surface area contributed by atoms with E-state index in [1.807, 2.05) is 6.92 Å². The number of hydrogen-bond acceptors (Lipinski definition) is 10. The van der Waals surface area contributed by atoms with Crippen molar-refractivity contribution < 1.29 is 18.7 Å². The first-order valence-electron chi connectivity index (χ1n) is 11.2. The van der Waals surface area contributed by atoms with Crippen LogP contribution in [0.15, 0.2) is 24.5 Å². The molecule has 1 amide bonds. The summed E-state index contributed by atoms with van der Waals surface area (Å²) in [6.45, 7) is 7.42. The number of likely N-dealkylation sites (tertiary alicyclic amines) is 1. The van der Waals surface area contributed by atoms with Crippen molar-refractivity contribution in [1.29, 1.82) is 0 Å². The number of nitrogens with one attached hydrogen (secondary N) is 1. The first kappa shape index (κ1) is 25.8. The molecule has 0 bridgehead atoms. The highest BCUT2D eigenvalue weighted by Gasteiger charge is 2.33. The van der Waals surface area contributed by atoms with E-state index in [9.17, 15) is 9.18 Å². The Kier molecular flexibility index (Phi) is 7.46. The number of rotatable bonds is 5. The Morgan fingerprint density at radius 1 is 1.31 bits per heavy atom. The third-order valence-electron chi connectivity index (χ3n) is 5.03. The second-order valence-electron chi connectivity index (χ2n) is 9.33. The summed E-state index contributed by atoms with van der Waals surface area (Å²) in [6, 6.07) is 2.89. The molecule has 4 rings (SSSR count). The van der Waals surface area contributed by atoms with Crippen LogP contribution in [0.5, 0.6) is 11.6 Å². The van der Waals surface area contributed by atoms with E-state index in [0.717, 1.165) is 5.01 Å². The van der Waals surface area contributed by atoms with Gasteiger partial charge < -0.3 is 25.4 Å². The number of amides is 1. The number of aromatic nitrogens is 4.